The molecule has 0 aliphatic carbocycles. The van der Waals surface area contributed by atoms with Gasteiger partial charge in [0.05, 0.1) is 6.54 Å². The molecule has 1 heterocycles. The number of nitrogens with one attached hydrogen (secondary N) is 1. The third kappa shape index (κ3) is 3.10. The molecular formula is C8H7ClN2O4. The molecule has 0 aliphatic rings. The maximum atomic E-state index is 11.3. The van der Waals surface area contributed by atoms with E-state index < -0.39 is 17.6 Å². The fourth-order valence-electron chi connectivity index (χ4n) is 0.750. The van der Waals surface area contributed by atoms with Gasteiger partial charge in [0.25, 0.3) is 5.91 Å². The fourth-order valence-corrected chi connectivity index (χ4v) is 0.817. The summed E-state index contributed by atoms with van der Waals surface area (Å²) < 4.78 is 4.39. The number of halogens is 1. The summed E-state index contributed by atoms with van der Waals surface area (Å²) in [6.07, 6.45) is 0. The molecule has 15 heavy (non-hydrogen) atoms. The Morgan fingerprint density at radius 3 is 2.80 bits per heavy atom. The van der Waals surface area contributed by atoms with Crippen LogP contribution in [0, 0.1) is 0 Å². The van der Waals surface area contributed by atoms with Gasteiger partial charge in [-0.2, -0.15) is 0 Å². The van der Waals surface area contributed by atoms with Crippen LogP contribution in [-0.2, 0) is 0 Å². The lowest BCUT2D eigenvalue weighted by atomic mass is 10.3. The quantitative estimate of drug-likeness (QED) is 0.800. The summed E-state index contributed by atoms with van der Waals surface area (Å²) in [5.74, 6) is -2.26. The first-order chi connectivity index (χ1) is 7.00. The van der Waals surface area contributed by atoms with Gasteiger partial charge in [0, 0.05) is 11.1 Å². The number of carboxylic acid groups (broad SMARTS) is 1. The van der Waals surface area contributed by atoms with Crippen LogP contribution in [0.25, 0.3) is 0 Å². The molecule has 1 aromatic rings. The first-order valence-corrected chi connectivity index (χ1v) is 4.20. The Labute approximate surface area is 89.5 Å². The van der Waals surface area contributed by atoms with E-state index >= 15 is 0 Å². The second-order valence-electron chi connectivity index (χ2n) is 2.58. The minimum absolute atomic E-state index is 0.0790. The van der Waals surface area contributed by atoms with Crippen LogP contribution in [-0.4, -0.2) is 28.7 Å². The van der Waals surface area contributed by atoms with Crippen molar-refractivity contribution in [3.63, 3.8) is 0 Å². The summed E-state index contributed by atoms with van der Waals surface area (Å²) in [4.78, 5) is 21.7. The zero-order valence-electron chi connectivity index (χ0n) is 7.49. The Morgan fingerprint density at radius 1 is 1.67 bits per heavy atom. The molecule has 7 heteroatoms. The van der Waals surface area contributed by atoms with Crippen LogP contribution < -0.4 is 5.32 Å². The fraction of sp³-hybridized carbons (Fsp3) is 0.125. The molecule has 0 radical (unpaired) electrons. The summed E-state index contributed by atoms with van der Waals surface area (Å²) in [6, 6.07) is 1.02. The van der Waals surface area contributed by atoms with Crippen LogP contribution in [0.15, 0.2) is 22.2 Å². The number of hydrogen-bond donors (Lipinski definition) is 2. The van der Waals surface area contributed by atoms with Gasteiger partial charge in [0.2, 0.25) is 5.76 Å². The second-order valence-corrected chi connectivity index (χ2v) is 3.12. The molecule has 6 nitrogen and oxygen atoms in total. The molecule has 1 rings (SSSR count). The molecule has 0 aromatic carbocycles. The molecule has 80 valence electrons. The van der Waals surface area contributed by atoms with Crippen LogP contribution in [0.4, 0.5) is 0 Å². The van der Waals surface area contributed by atoms with Gasteiger partial charge in [-0.15, -0.1) is 0 Å². The normalized spacial score (nSPS) is 9.67. The highest BCUT2D eigenvalue weighted by Gasteiger charge is 2.15. The number of aromatic nitrogens is 1. The van der Waals surface area contributed by atoms with Gasteiger partial charge >= 0.3 is 5.97 Å². The van der Waals surface area contributed by atoms with Crippen molar-refractivity contribution in [1.29, 1.82) is 0 Å². The minimum atomic E-state index is -1.29. The first-order valence-electron chi connectivity index (χ1n) is 3.82. The molecular weight excluding hydrogens is 224 g/mol. The van der Waals surface area contributed by atoms with Crippen molar-refractivity contribution in [1.82, 2.24) is 10.5 Å². The average molecular weight is 231 g/mol. The second kappa shape index (κ2) is 4.61. The summed E-state index contributed by atoms with van der Waals surface area (Å²) in [5.41, 5.74) is -0.120. The smallest absolute Gasteiger partial charge is 0.374 e. The highest BCUT2D eigenvalue weighted by atomic mass is 35.5. The van der Waals surface area contributed by atoms with Gasteiger partial charge < -0.3 is 14.9 Å². The summed E-state index contributed by atoms with van der Waals surface area (Å²) >= 11 is 5.42. The molecule has 2 N–H and O–H groups in total. The van der Waals surface area contributed by atoms with E-state index in [2.05, 4.69) is 21.6 Å². The van der Waals surface area contributed by atoms with Crippen molar-refractivity contribution in [2.75, 3.05) is 6.54 Å². The highest BCUT2D eigenvalue weighted by molar-refractivity contribution is 6.29. The van der Waals surface area contributed by atoms with Gasteiger partial charge in [-0.05, 0) is 0 Å². The standard InChI is InChI=1S/C8H7ClN2O4/c1-4(9)3-10-7(12)5-2-6(8(13)14)15-11-5/h2H,1,3H2,(H,10,12)(H,13,14). The maximum absolute atomic E-state index is 11.3. The molecule has 0 fully saturated rings. The largest absolute Gasteiger partial charge is 0.475 e. The Balaban J connectivity index is 2.66. The third-order valence-corrected chi connectivity index (χ3v) is 1.53. The van der Waals surface area contributed by atoms with E-state index in [-0.39, 0.29) is 17.3 Å². The van der Waals surface area contributed by atoms with E-state index in [1.54, 1.807) is 0 Å². The van der Waals surface area contributed by atoms with Gasteiger partial charge in [0.1, 0.15) is 0 Å². The van der Waals surface area contributed by atoms with Gasteiger partial charge in [-0.1, -0.05) is 23.3 Å². The van der Waals surface area contributed by atoms with Crippen molar-refractivity contribution in [3.8, 4) is 0 Å². The third-order valence-electron chi connectivity index (χ3n) is 1.39. The van der Waals surface area contributed by atoms with Crippen LogP contribution in [0.2, 0.25) is 0 Å². The van der Waals surface area contributed by atoms with Gasteiger partial charge in [-0.3, -0.25) is 4.79 Å². The molecule has 1 aromatic heterocycles. The van der Waals surface area contributed by atoms with Crippen molar-refractivity contribution in [3.05, 3.63) is 29.1 Å². The van der Waals surface area contributed by atoms with E-state index in [0.717, 1.165) is 6.07 Å². The number of aromatic carboxylic acids is 1. The minimum Gasteiger partial charge on any atom is -0.475 e. The Morgan fingerprint density at radius 2 is 2.33 bits per heavy atom. The number of carboxylic acids is 1. The molecule has 0 spiro atoms. The zero-order chi connectivity index (χ0) is 11.4. The predicted molar refractivity (Wildman–Crippen MR) is 50.8 cm³/mol. The van der Waals surface area contributed by atoms with Crippen molar-refractivity contribution in [2.45, 2.75) is 0 Å². The predicted octanol–water partition coefficient (Wildman–Crippen LogP) is 0.855. The van der Waals surface area contributed by atoms with Crippen LogP contribution in [0.5, 0.6) is 0 Å². The number of carbonyl (C=O) groups excluding carboxylic acids is 1. The Bertz CT molecular complexity index is 413. The lowest BCUT2D eigenvalue weighted by Crippen LogP contribution is -2.24. The van der Waals surface area contributed by atoms with Crippen molar-refractivity contribution < 1.29 is 19.2 Å². The maximum Gasteiger partial charge on any atom is 0.374 e. The Kier molecular flexibility index (Phi) is 3.46. The van der Waals surface area contributed by atoms with E-state index in [0.29, 0.717) is 0 Å². The number of amides is 1. The summed E-state index contributed by atoms with van der Waals surface area (Å²) in [7, 11) is 0. The average Bonchev–Trinajstić information content (AvgIpc) is 2.62. The molecule has 0 bridgehead atoms. The van der Waals surface area contributed by atoms with Gasteiger partial charge in [-0.25, -0.2) is 4.79 Å². The molecule has 0 unspecified atom stereocenters. The topological polar surface area (TPSA) is 92.4 Å². The van der Waals surface area contributed by atoms with Crippen LogP contribution >= 0.6 is 11.6 Å². The molecule has 1 amide bonds. The lowest BCUT2D eigenvalue weighted by Gasteiger charge is -1.98. The SMILES string of the molecule is C=C(Cl)CNC(=O)c1cc(C(=O)O)on1. The Hall–Kier alpha value is -1.82. The lowest BCUT2D eigenvalue weighted by molar-refractivity contribution is 0.0651. The van der Waals surface area contributed by atoms with E-state index in [1.807, 2.05) is 0 Å². The summed E-state index contributed by atoms with van der Waals surface area (Å²) in [6.45, 7) is 3.45. The summed E-state index contributed by atoms with van der Waals surface area (Å²) in [5, 5.41) is 14.4. The highest BCUT2D eigenvalue weighted by Crippen LogP contribution is 2.03. The number of nitrogens with zero attached hydrogens (tertiary/aromatic N) is 1. The van der Waals surface area contributed by atoms with E-state index in [1.165, 1.54) is 0 Å². The number of hydrogen-bond acceptors (Lipinski definition) is 4. The first kappa shape index (κ1) is 11.3. The number of rotatable bonds is 4. The molecule has 0 aliphatic heterocycles. The van der Waals surface area contributed by atoms with E-state index in [4.69, 9.17) is 16.7 Å². The molecule has 0 saturated carbocycles. The molecule has 0 saturated heterocycles. The van der Waals surface area contributed by atoms with Gasteiger partial charge in [0.15, 0.2) is 5.69 Å². The number of carbonyl (C=O) groups is 2. The molecule has 0 atom stereocenters. The van der Waals surface area contributed by atoms with Crippen molar-refractivity contribution in [2.24, 2.45) is 0 Å². The zero-order valence-corrected chi connectivity index (χ0v) is 8.24. The monoisotopic (exact) mass is 230 g/mol. The van der Waals surface area contributed by atoms with E-state index in [9.17, 15) is 9.59 Å². The van der Waals surface area contributed by atoms with Crippen LogP contribution in [0.1, 0.15) is 21.0 Å². The van der Waals surface area contributed by atoms with Crippen molar-refractivity contribution >= 4 is 23.5 Å². The van der Waals surface area contributed by atoms with Crippen LogP contribution in [0.3, 0.4) is 0 Å².